The number of benzene rings is 2. The van der Waals surface area contributed by atoms with Crippen molar-refractivity contribution in [3.63, 3.8) is 0 Å². The first kappa shape index (κ1) is 58.2. The van der Waals surface area contributed by atoms with Crippen molar-refractivity contribution in [2.24, 2.45) is 0 Å². The molecular formula is C53H72N4O17. The maximum absolute atomic E-state index is 13.8. The van der Waals surface area contributed by atoms with E-state index in [-0.39, 0.29) is 73.1 Å². The van der Waals surface area contributed by atoms with E-state index in [9.17, 15) is 38.7 Å². The second-order valence-corrected chi connectivity index (χ2v) is 17.9. The van der Waals surface area contributed by atoms with Gasteiger partial charge in [-0.1, -0.05) is 25.3 Å². The van der Waals surface area contributed by atoms with Crippen molar-refractivity contribution in [2.45, 2.75) is 129 Å². The first-order valence-corrected chi connectivity index (χ1v) is 25.1. The fourth-order valence-corrected chi connectivity index (χ4v) is 9.16. The van der Waals surface area contributed by atoms with Crippen LogP contribution in [0.3, 0.4) is 0 Å². The van der Waals surface area contributed by atoms with E-state index in [4.69, 9.17) is 37.9 Å². The Balaban J connectivity index is 0.000000250. The summed E-state index contributed by atoms with van der Waals surface area (Å²) in [6, 6.07) is 5.32. The molecule has 5 aliphatic rings. The van der Waals surface area contributed by atoms with Crippen molar-refractivity contribution >= 4 is 52.9 Å². The van der Waals surface area contributed by atoms with E-state index in [1.165, 1.54) is 64.2 Å². The Hall–Kier alpha value is -6.71. The molecule has 5 heterocycles. The molecule has 5 aliphatic heterocycles. The minimum Gasteiger partial charge on any atom is -0.493 e. The van der Waals surface area contributed by atoms with Crippen molar-refractivity contribution in [1.82, 2.24) is 9.80 Å². The number of amides is 4. The quantitative estimate of drug-likeness (QED) is 0.0637. The van der Waals surface area contributed by atoms with Crippen LogP contribution in [0.25, 0.3) is 0 Å². The van der Waals surface area contributed by atoms with E-state index in [2.05, 4.69) is 17.9 Å². The van der Waals surface area contributed by atoms with Crippen LogP contribution in [0.1, 0.15) is 119 Å². The molecule has 21 nitrogen and oxygen atoms in total. The summed E-state index contributed by atoms with van der Waals surface area (Å²) < 4.78 is 50.0. The van der Waals surface area contributed by atoms with Gasteiger partial charge < -0.3 is 67.1 Å². The first-order valence-electron chi connectivity index (χ1n) is 25.1. The first-order chi connectivity index (χ1) is 35.6. The molecular weight excluding hydrogens is 965 g/mol. The van der Waals surface area contributed by atoms with Crippen molar-refractivity contribution in [3.05, 3.63) is 60.7 Å². The molecule has 2 aromatic rings. The highest BCUT2D eigenvalue weighted by Crippen LogP contribution is 2.44. The van der Waals surface area contributed by atoms with Crippen LogP contribution in [0.5, 0.6) is 23.0 Å². The van der Waals surface area contributed by atoms with Gasteiger partial charge in [-0.25, -0.2) is 19.4 Å². The van der Waals surface area contributed by atoms with Crippen molar-refractivity contribution in [1.29, 1.82) is 0 Å². The molecule has 21 heteroatoms. The minimum atomic E-state index is -1.27. The summed E-state index contributed by atoms with van der Waals surface area (Å²) in [6.45, 7) is 16.0. The summed E-state index contributed by atoms with van der Waals surface area (Å²) in [5.74, 6) is 0.752. The zero-order valence-corrected chi connectivity index (χ0v) is 43.5. The third-order valence-electron chi connectivity index (χ3n) is 12.5. The third-order valence-corrected chi connectivity index (χ3v) is 12.5. The Labute approximate surface area is 432 Å². The van der Waals surface area contributed by atoms with Crippen LogP contribution in [0.4, 0.5) is 21.0 Å². The van der Waals surface area contributed by atoms with Crippen molar-refractivity contribution < 1.29 is 81.3 Å². The molecule has 2 aromatic carbocycles. The Morgan fingerprint density at radius 1 is 0.676 bits per heavy atom. The monoisotopic (exact) mass is 1040 g/mol. The molecule has 0 aliphatic carbocycles. The molecule has 5 atom stereocenters. The summed E-state index contributed by atoms with van der Waals surface area (Å²) in [6.07, 6.45) is 6.07. The van der Waals surface area contributed by atoms with Crippen LogP contribution in [-0.2, 0) is 38.1 Å². The fraction of sp³-hybridized carbons (Fsp3) is 0.566. The van der Waals surface area contributed by atoms with Gasteiger partial charge in [0.2, 0.25) is 0 Å². The van der Waals surface area contributed by atoms with Gasteiger partial charge in [0.15, 0.2) is 41.7 Å². The van der Waals surface area contributed by atoms with Crippen LogP contribution in [0, 0.1) is 0 Å². The lowest BCUT2D eigenvalue weighted by atomic mass is 10.1. The number of fused-ring (bicyclic) bond motifs is 4. The highest BCUT2D eigenvalue weighted by atomic mass is 16.7. The average Bonchev–Trinajstić information content (AvgIpc) is 4.06. The number of carbonyl (C=O) groups is 7. The van der Waals surface area contributed by atoms with Gasteiger partial charge in [0, 0.05) is 51.6 Å². The van der Waals surface area contributed by atoms with Crippen LogP contribution < -0.4 is 28.7 Å². The molecule has 0 saturated carbocycles. The smallest absolute Gasteiger partial charge is 0.416 e. The number of ketones is 2. The summed E-state index contributed by atoms with van der Waals surface area (Å²) in [4.78, 5) is 91.5. The molecule has 0 bridgehead atoms. The van der Waals surface area contributed by atoms with Crippen LogP contribution in [0.2, 0.25) is 0 Å². The second kappa shape index (κ2) is 28.7. The lowest BCUT2D eigenvalue weighted by molar-refractivity contribution is -0.195. The number of Topliss-reactive ketones (excluding diaryl/α,β-unsaturated/α-hetero) is 2. The molecule has 4 amide bonds. The number of rotatable bonds is 19. The van der Waals surface area contributed by atoms with Gasteiger partial charge in [0.05, 0.1) is 68.6 Å². The molecule has 3 fully saturated rings. The number of anilines is 2. The Bertz CT molecular complexity index is 2320. The zero-order chi connectivity index (χ0) is 53.9. The average molecular weight is 1040 g/mol. The van der Waals surface area contributed by atoms with E-state index in [0.717, 1.165) is 30.6 Å². The topological polar surface area (TPSA) is 236 Å². The van der Waals surface area contributed by atoms with Gasteiger partial charge in [0.25, 0.3) is 11.8 Å². The molecule has 1 N–H and O–H groups in total. The van der Waals surface area contributed by atoms with Crippen molar-refractivity contribution in [3.8, 4) is 23.0 Å². The minimum absolute atomic E-state index is 0.00417. The third kappa shape index (κ3) is 15.0. The Morgan fingerprint density at radius 3 is 1.62 bits per heavy atom. The van der Waals surface area contributed by atoms with E-state index in [0.29, 0.717) is 105 Å². The number of carbonyl (C=O) groups excluding carboxylic acids is 7. The Morgan fingerprint density at radius 2 is 1.18 bits per heavy atom. The maximum Gasteiger partial charge on any atom is 0.416 e. The molecule has 0 radical (unpaired) electrons. The molecule has 3 saturated heterocycles. The number of hydrogen-bond donors (Lipinski definition) is 1. The van der Waals surface area contributed by atoms with Crippen LogP contribution in [0.15, 0.2) is 49.6 Å². The number of ether oxygens (including phenoxy) is 9. The molecule has 0 spiro atoms. The standard InChI is InChI=1S/C27H36N2O8.C22H28N2O7.C4H8O2/c1-4-13-36-27(32)29-21-17-23(34-15-8-9-18(2)30)22(33-3)16-19(21)25(31)28-12-7-10-20(28)26(29)37-24-11-5-6-14-35-24;1-4-10-31-22(28)24-17-13-19(30-11-6-7-14(2)25)18(29-3)12-15(17)20(26)23-9-5-8-16(23)21(24)27;1-3-6-4(2)5/h4,16-17,20,24,26H,1,5-15H2,2-3H3;4,12-13,16,21,27H,1,5-11H2,2-3H3;3H2,1-2H3/t20-,24?,26-;16-,21-;/m00./s1. The molecule has 406 valence electrons. The fourth-order valence-electron chi connectivity index (χ4n) is 9.16. The molecule has 74 heavy (non-hydrogen) atoms. The van der Waals surface area contributed by atoms with E-state index in [1.54, 1.807) is 28.9 Å². The number of aliphatic hydroxyl groups excluding tert-OH is 1. The summed E-state index contributed by atoms with van der Waals surface area (Å²) >= 11 is 0. The zero-order valence-electron chi connectivity index (χ0n) is 43.5. The lowest BCUT2D eigenvalue weighted by Crippen LogP contribution is -2.54. The predicted octanol–water partition coefficient (Wildman–Crippen LogP) is 7.14. The van der Waals surface area contributed by atoms with Gasteiger partial charge in [-0.2, -0.15) is 0 Å². The van der Waals surface area contributed by atoms with Crippen LogP contribution >= 0.6 is 0 Å². The van der Waals surface area contributed by atoms with E-state index < -0.39 is 37.0 Å². The molecule has 7 rings (SSSR count). The van der Waals surface area contributed by atoms with E-state index in [1.807, 2.05) is 0 Å². The SMILES string of the molecule is C=CCOC(=O)N1c2cc(OCCCC(C)=O)c(OC)cc2C(=O)N2CCC[C@H]2[C@@H]1O.C=CCOC(=O)N1c2cc(OCCCC(C)=O)c(OC)cc2C(=O)N2CCC[C@H]2[C@@H]1OC1CCCCO1.CCOC(C)=O. The molecule has 1 unspecified atom stereocenters. The largest absolute Gasteiger partial charge is 0.493 e. The van der Waals surface area contributed by atoms with Crippen LogP contribution in [-0.4, -0.2) is 154 Å². The number of esters is 1. The number of aliphatic hydroxyl groups is 1. The number of hydrogen-bond acceptors (Lipinski definition) is 17. The summed E-state index contributed by atoms with van der Waals surface area (Å²) in [5.41, 5.74) is 1.01. The van der Waals surface area contributed by atoms with E-state index >= 15 is 0 Å². The number of methoxy groups -OCH3 is 2. The highest BCUT2D eigenvalue weighted by Gasteiger charge is 2.48. The maximum atomic E-state index is 13.8. The predicted molar refractivity (Wildman–Crippen MR) is 270 cm³/mol. The normalized spacial score (nSPS) is 20.5. The van der Waals surface area contributed by atoms with Gasteiger partial charge >= 0.3 is 18.2 Å². The number of nitrogens with zero attached hydrogens (tertiary/aromatic N) is 4. The van der Waals surface area contributed by atoms with Gasteiger partial charge in [0.1, 0.15) is 24.8 Å². The summed E-state index contributed by atoms with van der Waals surface area (Å²) in [7, 11) is 2.95. The van der Waals surface area contributed by atoms with Gasteiger partial charge in [-0.15, -0.1) is 0 Å². The highest BCUT2D eigenvalue weighted by molar-refractivity contribution is 6.07. The van der Waals surface area contributed by atoms with Gasteiger partial charge in [-0.3, -0.25) is 14.4 Å². The lowest BCUT2D eigenvalue weighted by Gasteiger charge is -2.38. The molecule has 0 aromatic heterocycles. The second-order valence-electron chi connectivity index (χ2n) is 17.9. The summed E-state index contributed by atoms with van der Waals surface area (Å²) in [5, 5.41) is 11.0. The van der Waals surface area contributed by atoms with Crippen molar-refractivity contribution in [2.75, 3.05) is 76.8 Å². The van der Waals surface area contributed by atoms with Gasteiger partial charge in [-0.05, 0) is 90.7 Å². The Kier molecular flexibility index (Phi) is 22.5.